The first-order chi connectivity index (χ1) is 10.0. The van der Waals surface area contributed by atoms with Gasteiger partial charge in [-0.05, 0) is 0 Å². The van der Waals surface area contributed by atoms with Crippen molar-refractivity contribution in [1.82, 2.24) is 10.5 Å². The fourth-order valence-electron chi connectivity index (χ4n) is 0.825. The lowest BCUT2D eigenvalue weighted by molar-refractivity contribution is -0.112. The van der Waals surface area contributed by atoms with Crippen LogP contribution in [0.25, 0.3) is 0 Å². The molecule has 0 bridgehead atoms. The molecule has 21 heavy (non-hydrogen) atoms. The van der Waals surface area contributed by atoms with E-state index in [2.05, 4.69) is 38.9 Å². The molecule has 0 fully saturated rings. The van der Waals surface area contributed by atoms with Crippen LogP contribution in [0.15, 0.2) is 38.0 Å². The maximum Gasteiger partial charge on any atom is 0.559 e. The van der Waals surface area contributed by atoms with Gasteiger partial charge in [-0.2, -0.15) is 4.79 Å². The maximum absolute atomic E-state index is 11.5. The Bertz CT molecular complexity index is 408. The molecule has 0 aromatic heterocycles. The average Bonchev–Trinajstić information content (AvgIpc) is 2.47. The summed E-state index contributed by atoms with van der Waals surface area (Å²) in [6, 6.07) is 0. The van der Waals surface area contributed by atoms with Gasteiger partial charge in [0.15, 0.2) is 0 Å². The van der Waals surface area contributed by atoms with Crippen molar-refractivity contribution in [3.63, 3.8) is 0 Å². The smallest absolute Gasteiger partial charge is 0.443 e. The summed E-state index contributed by atoms with van der Waals surface area (Å²) in [5.41, 5.74) is 1.64. The summed E-state index contributed by atoms with van der Waals surface area (Å²) in [6.45, 7) is 9.76. The quantitative estimate of drug-likeness (QED) is 0.452. The fourth-order valence-corrected chi connectivity index (χ4v) is 0.825. The van der Waals surface area contributed by atoms with Crippen LogP contribution in [0.1, 0.15) is 0 Å². The number of nitrogens with one attached hydrogen (secondary N) is 1. The van der Waals surface area contributed by atoms with Gasteiger partial charge in [0.25, 0.3) is 0 Å². The minimum Gasteiger partial charge on any atom is -0.443 e. The summed E-state index contributed by atoms with van der Waals surface area (Å²) in [7, 11) is 0. The SMILES string of the molecule is C=CCOC(=O)NOC(=O)ON(CC=C)C(=O)OCC=C. The Morgan fingerprint density at radius 3 is 2.19 bits per heavy atom. The van der Waals surface area contributed by atoms with Gasteiger partial charge >= 0.3 is 18.3 Å². The Balaban J connectivity index is 4.24. The van der Waals surface area contributed by atoms with E-state index in [1.54, 1.807) is 5.48 Å². The third-order valence-corrected chi connectivity index (χ3v) is 1.56. The molecule has 2 amide bonds. The van der Waals surface area contributed by atoms with Crippen LogP contribution in [0.4, 0.5) is 14.4 Å². The Kier molecular flexibility index (Phi) is 9.36. The van der Waals surface area contributed by atoms with E-state index in [0.29, 0.717) is 5.06 Å². The van der Waals surface area contributed by atoms with Gasteiger partial charge in [0, 0.05) is 0 Å². The van der Waals surface area contributed by atoms with Gasteiger partial charge in [0.05, 0.1) is 6.54 Å². The standard InChI is InChI=1S/C12H16N2O7/c1-4-7-14(11(16)19-9-6-3)21-12(17)20-13-10(15)18-8-5-2/h4-6H,1-3,7-9H2,(H,13,15). The number of hydrogen-bond donors (Lipinski definition) is 1. The van der Waals surface area contributed by atoms with E-state index in [0.717, 1.165) is 0 Å². The van der Waals surface area contributed by atoms with E-state index in [1.165, 1.54) is 18.2 Å². The van der Waals surface area contributed by atoms with Gasteiger partial charge in [-0.15, -0.1) is 17.1 Å². The number of rotatable bonds is 6. The summed E-state index contributed by atoms with van der Waals surface area (Å²) in [6.07, 6.45) is 0.577. The molecule has 9 heteroatoms. The highest BCUT2D eigenvalue weighted by Crippen LogP contribution is 1.98. The van der Waals surface area contributed by atoms with Crippen molar-refractivity contribution in [3.8, 4) is 0 Å². The Hall–Kier alpha value is -2.97. The molecule has 0 atom stereocenters. The highest BCUT2D eigenvalue weighted by Gasteiger charge is 2.20. The lowest BCUT2D eigenvalue weighted by Crippen LogP contribution is -2.37. The van der Waals surface area contributed by atoms with Crippen molar-refractivity contribution in [3.05, 3.63) is 38.0 Å². The maximum atomic E-state index is 11.5. The van der Waals surface area contributed by atoms with Crippen LogP contribution < -0.4 is 5.48 Å². The monoisotopic (exact) mass is 300 g/mol. The van der Waals surface area contributed by atoms with Crippen molar-refractivity contribution < 1.29 is 33.5 Å². The van der Waals surface area contributed by atoms with Crippen LogP contribution in [0.3, 0.4) is 0 Å². The predicted octanol–water partition coefficient (Wildman–Crippen LogP) is 1.69. The minimum atomic E-state index is -1.37. The zero-order chi connectivity index (χ0) is 16.1. The second-order valence-corrected chi connectivity index (χ2v) is 3.15. The van der Waals surface area contributed by atoms with Gasteiger partial charge in [0.2, 0.25) is 0 Å². The third-order valence-electron chi connectivity index (χ3n) is 1.56. The lowest BCUT2D eigenvalue weighted by Gasteiger charge is -2.17. The molecule has 0 heterocycles. The van der Waals surface area contributed by atoms with Crippen LogP contribution in [-0.4, -0.2) is 43.2 Å². The summed E-state index contributed by atoms with van der Waals surface area (Å²) in [4.78, 5) is 42.4. The molecule has 0 saturated carbocycles. The number of hydrogen-bond acceptors (Lipinski definition) is 7. The fraction of sp³-hybridized carbons (Fsp3) is 0.250. The first-order valence-corrected chi connectivity index (χ1v) is 5.63. The van der Waals surface area contributed by atoms with E-state index in [-0.39, 0.29) is 19.8 Å². The van der Waals surface area contributed by atoms with Crippen molar-refractivity contribution in [1.29, 1.82) is 0 Å². The van der Waals surface area contributed by atoms with Gasteiger partial charge in [-0.1, -0.05) is 31.4 Å². The topological polar surface area (TPSA) is 103 Å². The van der Waals surface area contributed by atoms with E-state index in [9.17, 15) is 14.4 Å². The molecular formula is C12H16N2O7. The summed E-state index contributed by atoms with van der Waals surface area (Å²) in [5, 5.41) is 0.537. The molecule has 0 aliphatic rings. The molecule has 0 aliphatic heterocycles. The highest BCUT2D eigenvalue weighted by atomic mass is 16.9. The van der Waals surface area contributed by atoms with Crippen LogP contribution in [0.2, 0.25) is 0 Å². The van der Waals surface area contributed by atoms with Gasteiger partial charge in [-0.25, -0.2) is 9.59 Å². The Morgan fingerprint density at radius 1 is 1.00 bits per heavy atom. The lowest BCUT2D eigenvalue weighted by atomic mass is 10.6. The highest BCUT2D eigenvalue weighted by molar-refractivity contribution is 5.71. The number of nitrogens with zero attached hydrogens (tertiary/aromatic N) is 1. The van der Waals surface area contributed by atoms with Gasteiger partial charge < -0.3 is 14.3 Å². The second kappa shape index (κ2) is 10.9. The molecule has 0 aromatic carbocycles. The first-order valence-electron chi connectivity index (χ1n) is 5.63. The molecule has 0 rings (SSSR count). The number of hydroxylamine groups is 3. The number of amides is 2. The summed E-state index contributed by atoms with van der Waals surface area (Å²) < 4.78 is 9.11. The van der Waals surface area contributed by atoms with E-state index in [4.69, 9.17) is 0 Å². The van der Waals surface area contributed by atoms with Crippen molar-refractivity contribution in [2.75, 3.05) is 19.8 Å². The number of carbonyl (C=O) groups is 3. The molecule has 1 N–H and O–H groups in total. The Labute approximate surface area is 121 Å². The molecule has 0 radical (unpaired) electrons. The molecule has 0 unspecified atom stereocenters. The zero-order valence-electron chi connectivity index (χ0n) is 11.3. The molecule has 116 valence electrons. The molecule has 0 aliphatic carbocycles. The second-order valence-electron chi connectivity index (χ2n) is 3.15. The average molecular weight is 300 g/mol. The van der Waals surface area contributed by atoms with Gasteiger partial charge in [0.1, 0.15) is 13.2 Å². The predicted molar refractivity (Wildman–Crippen MR) is 70.7 cm³/mol. The van der Waals surface area contributed by atoms with Gasteiger partial charge in [-0.3, -0.25) is 4.84 Å². The molecule has 0 spiro atoms. The molecular weight excluding hydrogens is 284 g/mol. The minimum absolute atomic E-state index is 0.0687. The van der Waals surface area contributed by atoms with E-state index in [1.807, 2.05) is 0 Å². The van der Waals surface area contributed by atoms with Crippen molar-refractivity contribution in [2.24, 2.45) is 0 Å². The third kappa shape index (κ3) is 8.70. The van der Waals surface area contributed by atoms with Crippen molar-refractivity contribution in [2.45, 2.75) is 0 Å². The van der Waals surface area contributed by atoms with E-state index < -0.39 is 18.3 Å². The summed E-state index contributed by atoms with van der Waals surface area (Å²) >= 11 is 0. The van der Waals surface area contributed by atoms with E-state index >= 15 is 0 Å². The Morgan fingerprint density at radius 2 is 1.62 bits per heavy atom. The van der Waals surface area contributed by atoms with Crippen LogP contribution in [0.5, 0.6) is 0 Å². The summed E-state index contributed by atoms with van der Waals surface area (Å²) in [5.74, 6) is 0. The largest absolute Gasteiger partial charge is 0.559 e. The van der Waals surface area contributed by atoms with Crippen LogP contribution in [0, 0.1) is 0 Å². The molecule has 0 aromatic rings. The number of carbonyl (C=O) groups excluding carboxylic acids is 3. The normalized spacial score (nSPS) is 8.76. The zero-order valence-corrected chi connectivity index (χ0v) is 11.3. The van der Waals surface area contributed by atoms with Crippen LogP contribution in [-0.2, 0) is 19.1 Å². The molecule has 9 nitrogen and oxygen atoms in total. The molecule has 0 saturated heterocycles. The first kappa shape index (κ1) is 18.0. The number of ether oxygens (including phenoxy) is 2. The van der Waals surface area contributed by atoms with Crippen molar-refractivity contribution >= 4 is 18.3 Å². The van der Waals surface area contributed by atoms with Crippen LogP contribution >= 0.6 is 0 Å².